The van der Waals surface area contributed by atoms with Gasteiger partial charge >= 0.3 is 6.03 Å². The Morgan fingerprint density at radius 3 is 2.48 bits per heavy atom. The van der Waals surface area contributed by atoms with Gasteiger partial charge in [0.1, 0.15) is 11.5 Å². The second kappa shape index (κ2) is 9.17. The number of benzene rings is 3. The van der Waals surface area contributed by atoms with E-state index in [1.807, 2.05) is 36.5 Å². The van der Waals surface area contributed by atoms with Crippen molar-refractivity contribution >= 4 is 22.5 Å². The first-order valence-corrected chi connectivity index (χ1v) is 9.87. The summed E-state index contributed by atoms with van der Waals surface area (Å²) in [6.07, 6.45) is 3.61. The van der Waals surface area contributed by atoms with E-state index in [0.717, 1.165) is 39.0 Å². The molecule has 2 amide bonds. The summed E-state index contributed by atoms with van der Waals surface area (Å²) in [6, 6.07) is 20.9. The molecule has 0 saturated heterocycles. The number of pyridine rings is 1. The Hall–Kier alpha value is -4.06. The van der Waals surface area contributed by atoms with Crippen molar-refractivity contribution in [2.24, 2.45) is 0 Å². The summed E-state index contributed by atoms with van der Waals surface area (Å²) in [6.45, 7) is 0.378. The smallest absolute Gasteiger partial charge is 0.319 e. The zero-order chi connectivity index (χ0) is 21.6. The fourth-order valence-electron chi connectivity index (χ4n) is 3.47. The molecule has 1 heterocycles. The van der Waals surface area contributed by atoms with Crippen LogP contribution in [-0.4, -0.2) is 25.2 Å². The lowest BCUT2D eigenvalue weighted by Crippen LogP contribution is -2.28. The Balaban J connectivity index is 1.54. The van der Waals surface area contributed by atoms with Crippen LogP contribution in [0.4, 0.5) is 10.5 Å². The fraction of sp³-hybridized carbons (Fsp3) is 0.120. The molecule has 0 fully saturated rings. The van der Waals surface area contributed by atoms with Crippen molar-refractivity contribution in [3.8, 4) is 22.6 Å². The molecule has 2 N–H and O–H groups in total. The van der Waals surface area contributed by atoms with E-state index in [1.54, 1.807) is 44.7 Å². The van der Waals surface area contributed by atoms with E-state index in [1.165, 1.54) is 0 Å². The minimum Gasteiger partial charge on any atom is -0.497 e. The minimum atomic E-state index is -0.279. The Morgan fingerprint density at radius 2 is 1.71 bits per heavy atom. The number of nitrogens with one attached hydrogen (secondary N) is 2. The van der Waals surface area contributed by atoms with Gasteiger partial charge < -0.3 is 20.1 Å². The molecule has 4 aromatic rings. The molecule has 0 radical (unpaired) electrons. The van der Waals surface area contributed by atoms with Gasteiger partial charge in [-0.15, -0.1) is 0 Å². The summed E-state index contributed by atoms with van der Waals surface area (Å²) in [5, 5.41) is 7.80. The van der Waals surface area contributed by atoms with Crippen molar-refractivity contribution in [1.82, 2.24) is 10.3 Å². The zero-order valence-electron chi connectivity index (χ0n) is 17.4. The molecule has 0 aliphatic carbocycles. The number of nitrogens with zero attached hydrogens (tertiary/aromatic N) is 1. The second-order valence-electron chi connectivity index (χ2n) is 6.96. The van der Waals surface area contributed by atoms with Crippen LogP contribution in [0.2, 0.25) is 0 Å². The first kappa shape index (κ1) is 20.2. The number of ether oxygens (including phenoxy) is 2. The van der Waals surface area contributed by atoms with Crippen LogP contribution in [0.5, 0.6) is 11.5 Å². The maximum atomic E-state index is 12.4. The highest BCUT2D eigenvalue weighted by atomic mass is 16.5. The molecule has 0 unspecified atom stereocenters. The van der Waals surface area contributed by atoms with E-state index in [2.05, 4.69) is 27.8 Å². The van der Waals surface area contributed by atoms with Crippen LogP contribution >= 0.6 is 0 Å². The highest BCUT2D eigenvalue weighted by molar-refractivity contribution is 5.98. The van der Waals surface area contributed by atoms with Gasteiger partial charge in [-0.25, -0.2) is 4.79 Å². The van der Waals surface area contributed by atoms with Gasteiger partial charge in [0.2, 0.25) is 0 Å². The number of fused-ring (bicyclic) bond motifs is 1. The number of aromatic nitrogens is 1. The third-order valence-electron chi connectivity index (χ3n) is 5.08. The van der Waals surface area contributed by atoms with Crippen LogP contribution in [0.15, 0.2) is 79.1 Å². The monoisotopic (exact) mass is 413 g/mol. The predicted octanol–water partition coefficient (Wildman–Crippen LogP) is 5.24. The van der Waals surface area contributed by atoms with E-state index in [0.29, 0.717) is 12.2 Å². The Bertz CT molecular complexity index is 1210. The topological polar surface area (TPSA) is 72.5 Å². The van der Waals surface area contributed by atoms with Crippen LogP contribution in [-0.2, 0) is 6.54 Å². The quantitative estimate of drug-likeness (QED) is 0.453. The zero-order valence-corrected chi connectivity index (χ0v) is 17.4. The normalized spacial score (nSPS) is 10.5. The van der Waals surface area contributed by atoms with Crippen molar-refractivity contribution in [2.45, 2.75) is 6.54 Å². The number of amides is 2. The average Bonchev–Trinajstić information content (AvgIpc) is 2.83. The van der Waals surface area contributed by atoms with Gasteiger partial charge in [0.05, 0.1) is 14.2 Å². The first-order chi connectivity index (χ1) is 15.2. The number of anilines is 1. The van der Waals surface area contributed by atoms with Gasteiger partial charge in [0.15, 0.2) is 0 Å². The van der Waals surface area contributed by atoms with Gasteiger partial charge in [-0.05, 0) is 64.5 Å². The second-order valence-corrected chi connectivity index (χ2v) is 6.96. The molecule has 0 aliphatic heterocycles. The highest BCUT2D eigenvalue weighted by Gasteiger charge is 2.10. The SMILES string of the molecule is COc1ccc(NC(=O)NCc2ccc(-c3cccc(OC)c3)c3ccncc23)cc1. The molecule has 6 nitrogen and oxygen atoms in total. The lowest BCUT2D eigenvalue weighted by atomic mass is 9.96. The summed E-state index contributed by atoms with van der Waals surface area (Å²) >= 11 is 0. The number of carbonyl (C=O) groups is 1. The van der Waals surface area contributed by atoms with E-state index in [9.17, 15) is 4.79 Å². The molecule has 3 aromatic carbocycles. The maximum Gasteiger partial charge on any atom is 0.319 e. The summed E-state index contributed by atoms with van der Waals surface area (Å²) in [5.41, 5.74) is 3.83. The summed E-state index contributed by atoms with van der Waals surface area (Å²) in [4.78, 5) is 16.6. The molecular weight excluding hydrogens is 390 g/mol. The molecule has 0 saturated carbocycles. The van der Waals surface area contributed by atoms with Crippen LogP contribution < -0.4 is 20.1 Å². The molecule has 0 bridgehead atoms. The van der Waals surface area contributed by atoms with Gasteiger partial charge in [-0.1, -0.05) is 24.3 Å². The number of methoxy groups -OCH3 is 2. The predicted molar refractivity (Wildman–Crippen MR) is 123 cm³/mol. The van der Waals surface area contributed by atoms with Crippen molar-refractivity contribution in [3.63, 3.8) is 0 Å². The van der Waals surface area contributed by atoms with Gasteiger partial charge in [0, 0.05) is 30.0 Å². The molecule has 0 spiro atoms. The number of hydrogen-bond acceptors (Lipinski definition) is 4. The molecular formula is C25H23N3O3. The Labute approximate surface area is 180 Å². The van der Waals surface area contributed by atoms with E-state index < -0.39 is 0 Å². The first-order valence-electron chi connectivity index (χ1n) is 9.87. The maximum absolute atomic E-state index is 12.4. The standard InChI is InChI=1S/C25H23N3O3/c1-30-20-9-7-19(8-10-20)28-25(29)27-15-18-6-11-22(23-12-13-26-16-24(18)23)17-4-3-5-21(14-17)31-2/h3-14,16H,15H2,1-2H3,(H2,27,28,29). The van der Waals surface area contributed by atoms with E-state index in [4.69, 9.17) is 9.47 Å². The van der Waals surface area contributed by atoms with Crippen LogP contribution in [0.25, 0.3) is 21.9 Å². The highest BCUT2D eigenvalue weighted by Crippen LogP contribution is 2.32. The number of hydrogen-bond donors (Lipinski definition) is 2. The Morgan fingerprint density at radius 1 is 0.903 bits per heavy atom. The van der Waals surface area contributed by atoms with Gasteiger partial charge in [-0.2, -0.15) is 0 Å². The third-order valence-corrected chi connectivity index (χ3v) is 5.08. The van der Waals surface area contributed by atoms with E-state index in [-0.39, 0.29) is 6.03 Å². The van der Waals surface area contributed by atoms with E-state index >= 15 is 0 Å². The summed E-state index contributed by atoms with van der Waals surface area (Å²) in [5.74, 6) is 1.54. The Kier molecular flexibility index (Phi) is 5.98. The molecule has 31 heavy (non-hydrogen) atoms. The van der Waals surface area contributed by atoms with Crippen molar-refractivity contribution in [2.75, 3.05) is 19.5 Å². The van der Waals surface area contributed by atoms with Crippen molar-refractivity contribution in [1.29, 1.82) is 0 Å². The number of rotatable bonds is 6. The van der Waals surface area contributed by atoms with Crippen molar-refractivity contribution in [3.05, 3.63) is 84.7 Å². The molecule has 0 aliphatic rings. The van der Waals surface area contributed by atoms with Gasteiger partial charge in [-0.3, -0.25) is 4.98 Å². The van der Waals surface area contributed by atoms with Crippen LogP contribution in [0.1, 0.15) is 5.56 Å². The lowest BCUT2D eigenvalue weighted by Gasteiger charge is -2.13. The molecule has 4 rings (SSSR count). The molecule has 0 atom stereocenters. The van der Waals surface area contributed by atoms with Crippen molar-refractivity contribution < 1.29 is 14.3 Å². The van der Waals surface area contributed by atoms with Gasteiger partial charge in [0.25, 0.3) is 0 Å². The number of urea groups is 1. The molecule has 6 heteroatoms. The lowest BCUT2D eigenvalue weighted by molar-refractivity contribution is 0.252. The minimum absolute atomic E-state index is 0.279. The third kappa shape index (κ3) is 4.59. The van der Waals surface area contributed by atoms with Crippen LogP contribution in [0.3, 0.4) is 0 Å². The molecule has 1 aromatic heterocycles. The molecule has 156 valence electrons. The average molecular weight is 413 g/mol. The number of carbonyl (C=O) groups excluding carboxylic acids is 1. The summed E-state index contributed by atoms with van der Waals surface area (Å²) in [7, 11) is 3.26. The summed E-state index contributed by atoms with van der Waals surface area (Å²) < 4.78 is 10.5. The fourth-order valence-corrected chi connectivity index (χ4v) is 3.47. The van der Waals surface area contributed by atoms with Crippen LogP contribution in [0, 0.1) is 0 Å². The largest absolute Gasteiger partial charge is 0.497 e.